The molecular formula is C14H23N3OS. The predicted octanol–water partition coefficient (Wildman–Crippen LogP) is 2.79. The van der Waals surface area contributed by atoms with E-state index < -0.39 is 0 Å². The van der Waals surface area contributed by atoms with Crippen molar-refractivity contribution < 1.29 is 4.52 Å². The first-order valence-corrected chi connectivity index (χ1v) is 8.64. The molecule has 2 aliphatic heterocycles. The Labute approximate surface area is 119 Å². The van der Waals surface area contributed by atoms with Crippen LogP contribution in [0, 0.1) is 5.92 Å². The number of thioether (sulfide) groups is 1. The molecule has 1 aromatic rings. The minimum Gasteiger partial charge on any atom is -0.339 e. The number of nitrogens with zero attached hydrogens (tertiary/aromatic N) is 2. The lowest BCUT2D eigenvalue weighted by Crippen LogP contribution is -2.38. The monoisotopic (exact) mass is 281 g/mol. The molecule has 0 spiro atoms. The first kappa shape index (κ1) is 13.4. The third-order valence-corrected chi connectivity index (χ3v) is 5.28. The molecule has 3 rings (SSSR count). The molecule has 0 aliphatic carbocycles. The summed E-state index contributed by atoms with van der Waals surface area (Å²) in [6.45, 7) is 2.19. The Bertz CT molecular complexity index is 397. The van der Waals surface area contributed by atoms with Crippen molar-refractivity contribution in [3.8, 4) is 0 Å². The maximum absolute atomic E-state index is 5.39. The molecule has 2 bridgehead atoms. The summed E-state index contributed by atoms with van der Waals surface area (Å²) in [7, 11) is 0. The van der Waals surface area contributed by atoms with Crippen molar-refractivity contribution >= 4 is 11.8 Å². The van der Waals surface area contributed by atoms with Gasteiger partial charge in [0.2, 0.25) is 5.89 Å². The summed E-state index contributed by atoms with van der Waals surface area (Å²) >= 11 is 1.88. The minimum atomic E-state index is 0.732. The van der Waals surface area contributed by atoms with Gasteiger partial charge in [-0.25, -0.2) is 0 Å². The van der Waals surface area contributed by atoms with Gasteiger partial charge in [0.1, 0.15) is 0 Å². The Kier molecular flexibility index (Phi) is 4.43. The third-order valence-electron chi connectivity index (χ3n) is 4.12. The van der Waals surface area contributed by atoms with Crippen LogP contribution >= 0.6 is 11.8 Å². The van der Waals surface area contributed by atoms with Crippen molar-refractivity contribution in [2.45, 2.75) is 63.3 Å². The van der Waals surface area contributed by atoms with Crippen LogP contribution < -0.4 is 5.32 Å². The number of nitrogens with one attached hydrogen (secondary N) is 1. The highest BCUT2D eigenvalue weighted by atomic mass is 32.2. The number of rotatable bonds is 6. The maximum atomic E-state index is 5.39. The van der Waals surface area contributed by atoms with Gasteiger partial charge < -0.3 is 9.84 Å². The van der Waals surface area contributed by atoms with Gasteiger partial charge in [-0.05, 0) is 43.8 Å². The predicted molar refractivity (Wildman–Crippen MR) is 77.1 cm³/mol. The van der Waals surface area contributed by atoms with Gasteiger partial charge in [0.15, 0.2) is 5.82 Å². The van der Waals surface area contributed by atoms with Crippen molar-refractivity contribution in [2.24, 2.45) is 5.92 Å². The van der Waals surface area contributed by atoms with Crippen LogP contribution in [-0.2, 0) is 12.2 Å². The molecule has 2 aliphatic rings. The zero-order valence-corrected chi connectivity index (χ0v) is 12.4. The summed E-state index contributed by atoms with van der Waals surface area (Å²) in [5, 5.41) is 7.76. The van der Waals surface area contributed by atoms with Crippen molar-refractivity contribution in [3.05, 3.63) is 11.7 Å². The number of aromatic nitrogens is 2. The zero-order chi connectivity index (χ0) is 13.1. The van der Waals surface area contributed by atoms with Gasteiger partial charge in [0, 0.05) is 18.5 Å². The second kappa shape index (κ2) is 6.27. The van der Waals surface area contributed by atoms with E-state index in [0.29, 0.717) is 0 Å². The van der Waals surface area contributed by atoms with E-state index in [1.807, 2.05) is 11.8 Å². The summed E-state index contributed by atoms with van der Waals surface area (Å²) in [4.78, 5) is 4.53. The lowest BCUT2D eigenvalue weighted by molar-refractivity contribution is 0.270. The number of hydrogen-bond donors (Lipinski definition) is 1. The van der Waals surface area contributed by atoms with Crippen molar-refractivity contribution in [1.82, 2.24) is 15.5 Å². The number of piperidine rings is 1. The molecule has 0 aromatic carbocycles. The van der Waals surface area contributed by atoms with E-state index in [0.717, 1.165) is 41.9 Å². The first-order valence-electron chi connectivity index (χ1n) is 7.48. The van der Waals surface area contributed by atoms with Crippen LogP contribution in [0.1, 0.15) is 50.7 Å². The molecule has 0 saturated carbocycles. The van der Waals surface area contributed by atoms with Crippen molar-refractivity contribution in [2.75, 3.05) is 5.75 Å². The second-order valence-electron chi connectivity index (χ2n) is 5.84. The zero-order valence-electron chi connectivity index (χ0n) is 11.6. The summed E-state index contributed by atoms with van der Waals surface area (Å²) in [5.41, 5.74) is 0. The molecule has 2 unspecified atom stereocenters. The second-order valence-corrected chi connectivity index (χ2v) is 6.94. The summed E-state index contributed by atoms with van der Waals surface area (Å²) in [6, 6.07) is 1.48. The van der Waals surface area contributed by atoms with Gasteiger partial charge >= 0.3 is 0 Å². The van der Waals surface area contributed by atoms with Crippen molar-refractivity contribution in [3.63, 3.8) is 0 Å². The SMILES string of the molecule is CCCSCc1noc(CC2CC3CCC(C2)N3)n1. The molecule has 0 radical (unpaired) electrons. The Morgan fingerprint density at radius 1 is 1.32 bits per heavy atom. The standard InChI is InChI=1S/C14H23N3OS/c1-2-5-19-9-13-16-14(18-17-13)8-10-6-11-3-4-12(7-10)15-11/h10-12,15H,2-9H2,1H3. The average molecular weight is 281 g/mol. The van der Waals surface area contributed by atoms with Crippen LogP contribution in [0.5, 0.6) is 0 Å². The van der Waals surface area contributed by atoms with Crippen LogP contribution in [-0.4, -0.2) is 28.0 Å². The average Bonchev–Trinajstić information content (AvgIpc) is 2.97. The molecule has 2 atom stereocenters. The Hall–Kier alpha value is -0.550. The third kappa shape index (κ3) is 3.51. The molecule has 19 heavy (non-hydrogen) atoms. The normalized spacial score (nSPS) is 29.8. The van der Waals surface area contributed by atoms with E-state index in [4.69, 9.17) is 4.52 Å². The molecule has 1 aromatic heterocycles. The molecule has 2 fully saturated rings. The largest absolute Gasteiger partial charge is 0.339 e. The number of hydrogen-bond acceptors (Lipinski definition) is 5. The molecule has 3 heterocycles. The van der Waals surface area contributed by atoms with Gasteiger partial charge in [-0.15, -0.1) is 0 Å². The first-order chi connectivity index (χ1) is 9.33. The van der Waals surface area contributed by atoms with Gasteiger partial charge in [0.25, 0.3) is 0 Å². The molecule has 4 nitrogen and oxygen atoms in total. The lowest BCUT2D eigenvalue weighted by atomic mass is 9.90. The van der Waals surface area contributed by atoms with E-state index in [1.165, 1.54) is 37.9 Å². The van der Waals surface area contributed by atoms with Gasteiger partial charge in [-0.2, -0.15) is 16.7 Å². The number of fused-ring (bicyclic) bond motifs is 2. The van der Waals surface area contributed by atoms with Gasteiger partial charge in [-0.1, -0.05) is 12.1 Å². The fourth-order valence-corrected chi connectivity index (χ4v) is 4.06. The summed E-state index contributed by atoms with van der Waals surface area (Å²) in [6.07, 6.45) is 7.43. The topological polar surface area (TPSA) is 51.0 Å². The van der Waals surface area contributed by atoms with Gasteiger partial charge in [-0.3, -0.25) is 0 Å². The minimum absolute atomic E-state index is 0.732. The van der Waals surface area contributed by atoms with E-state index >= 15 is 0 Å². The molecule has 1 N–H and O–H groups in total. The Morgan fingerprint density at radius 2 is 2.11 bits per heavy atom. The van der Waals surface area contributed by atoms with E-state index in [1.54, 1.807) is 0 Å². The molecule has 106 valence electrons. The molecule has 0 amide bonds. The summed E-state index contributed by atoms with van der Waals surface area (Å²) < 4.78 is 5.39. The highest BCUT2D eigenvalue weighted by Crippen LogP contribution is 2.32. The molecule has 5 heteroatoms. The highest BCUT2D eigenvalue weighted by Gasteiger charge is 2.34. The van der Waals surface area contributed by atoms with E-state index in [-0.39, 0.29) is 0 Å². The summed E-state index contributed by atoms with van der Waals surface area (Å²) in [5.74, 6) is 4.50. The van der Waals surface area contributed by atoms with Gasteiger partial charge in [0.05, 0.1) is 5.75 Å². The fourth-order valence-electron chi connectivity index (χ4n) is 3.33. The lowest BCUT2D eigenvalue weighted by Gasteiger charge is -2.27. The van der Waals surface area contributed by atoms with E-state index in [2.05, 4.69) is 22.4 Å². The molecule has 2 saturated heterocycles. The van der Waals surface area contributed by atoms with E-state index in [9.17, 15) is 0 Å². The maximum Gasteiger partial charge on any atom is 0.226 e. The van der Waals surface area contributed by atoms with Crippen LogP contribution in [0.2, 0.25) is 0 Å². The van der Waals surface area contributed by atoms with Crippen LogP contribution in [0.15, 0.2) is 4.52 Å². The fraction of sp³-hybridized carbons (Fsp3) is 0.857. The Balaban J connectivity index is 1.49. The Morgan fingerprint density at radius 3 is 2.84 bits per heavy atom. The van der Waals surface area contributed by atoms with Crippen LogP contribution in [0.3, 0.4) is 0 Å². The smallest absolute Gasteiger partial charge is 0.226 e. The molecular weight excluding hydrogens is 258 g/mol. The van der Waals surface area contributed by atoms with Crippen molar-refractivity contribution in [1.29, 1.82) is 0 Å². The quantitative estimate of drug-likeness (QED) is 0.813. The van der Waals surface area contributed by atoms with Crippen LogP contribution in [0.4, 0.5) is 0 Å². The van der Waals surface area contributed by atoms with Crippen LogP contribution in [0.25, 0.3) is 0 Å². The highest BCUT2D eigenvalue weighted by molar-refractivity contribution is 7.98.